The van der Waals surface area contributed by atoms with Gasteiger partial charge in [0.05, 0.1) is 0 Å². The summed E-state index contributed by atoms with van der Waals surface area (Å²) in [5, 5.41) is 0.999. The molecule has 1 heterocycles. The zero-order valence-corrected chi connectivity index (χ0v) is 9.62. The van der Waals surface area contributed by atoms with Crippen molar-refractivity contribution in [2.45, 2.75) is 30.4 Å². The lowest BCUT2D eigenvalue weighted by molar-refractivity contribution is 0.487. The number of para-hydroxylation sites is 2. The smallest absolute Gasteiger partial charge is 0.257 e. The number of thioether (sulfide) groups is 1. The highest BCUT2D eigenvalue weighted by molar-refractivity contribution is 7.99. The van der Waals surface area contributed by atoms with Gasteiger partial charge >= 0.3 is 0 Å². The topological polar surface area (TPSA) is 52.0 Å². The predicted octanol–water partition coefficient (Wildman–Crippen LogP) is 2.66. The van der Waals surface area contributed by atoms with Crippen LogP contribution in [0.5, 0.6) is 0 Å². The summed E-state index contributed by atoms with van der Waals surface area (Å²) in [5.41, 5.74) is 7.52. The minimum absolute atomic E-state index is 0.130. The zero-order chi connectivity index (χ0) is 10.8. The zero-order valence-electron chi connectivity index (χ0n) is 8.81. The van der Waals surface area contributed by atoms with Crippen LogP contribution >= 0.6 is 11.8 Å². The summed E-state index contributed by atoms with van der Waals surface area (Å²) in [7, 11) is 0. The second-order valence-corrected chi connectivity index (χ2v) is 4.96. The first-order valence-corrected chi connectivity index (χ1v) is 5.82. The van der Waals surface area contributed by atoms with Crippen molar-refractivity contribution in [1.82, 2.24) is 4.98 Å². The molecule has 2 aromatic rings. The van der Waals surface area contributed by atoms with Crippen LogP contribution in [-0.4, -0.2) is 16.3 Å². The van der Waals surface area contributed by atoms with E-state index >= 15 is 0 Å². The van der Waals surface area contributed by atoms with E-state index in [1.54, 1.807) is 11.8 Å². The van der Waals surface area contributed by atoms with E-state index in [9.17, 15) is 0 Å². The standard InChI is InChI=1S/C11H14N2OS/c1-7(12)8(2)15-11-13-9-5-3-4-6-10(9)14-11/h3-8H,12H2,1-2H3. The van der Waals surface area contributed by atoms with Crippen molar-refractivity contribution in [2.24, 2.45) is 5.73 Å². The van der Waals surface area contributed by atoms with Crippen LogP contribution in [0.1, 0.15) is 13.8 Å². The number of rotatable bonds is 3. The highest BCUT2D eigenvalue weighted by Crippen LogP contribution is 2.27. The lowest BCUT2D eigenvalue weighted by atomic mass is 10.3. The summed E-state index contributed by atoms with van der Waals surface area (Å²) in [5.74, 6) is 0. The molecule has 0 fully saturated rings. The van der Waals surface area contributed by atoms with E-state index in [0.29, 0.717) is 10.5 Å². The molecule has 0 saturated carbocycles. The van der Waals surface area contributed by atoms with Gasteiger partial charge in [-0.1, -0.05) is 30.8 Å². The molecule has 2 N–H and O–H groups in total. The molecule has 3 nitrogen and oxygen atoms in total. The second kappa shape index (κ2) is 4.24. The molecule has 0 radical (unpaired) electrons. The van der Waals surface area contributed by atoms with Crippen molar-refractivity contribution >= 4 is 22.9 Å². The molecule has 4 heteroatoms. The largest absolute Gasteiger partial charge is 0.431 e. The second-order valence-electron chi connectivity index (χ2n) is 3.63. The number of benzene rings is 1. The predicted molar refractivity (Wildman–Crippen MR) is 63.0 cm³/mol. The summed E-state index contributed by atoms with van der Waals surface area (Å²) in [6.45, 7) is 4.06. The molecular weight excluding hydrogens is 208 g/mol. The molecule has 15 heavy (non-hydrogen) atoms. The van der Waals surface area contributed by atoms with Crippen molar-refractivity contribution in [3.8, 4) is 0 Å². The fourth-order valence-corrected chi connectivity index (χ4v) is 1.99. The molecule has 0 amide bonds. The van der Waals surface area contributed by atoms with Crippen molar-refractivity contribution in [2.75, 3.05) is 0 Å². The van der Waals surface area contributed by atoms with Gasteiger partial charge in [0.25, 0.3) is 5.22 Å². The quantitative estimate of drug-likeness (QED) is 0.811. The van der Waals surface area contributed by atoms with Gasteiger partial charge in [0, 0.05) is 11.3 Å². The van der Waals surface area contributed by atoms with Crippen molar-refractivity contribution < 1.29 is 4.42 Å². The molecule has 0 aliphatic carbocycles. The first kappa shape index (κ1) is 10.5. The number of hydrogen-bond acceptors (Lipinski definition) is 4. The van der Waals surface area contributed by atoms with E-state index in [1.165, 1.54) is 0 Å². The molecule has 0 aliphatic heterocycles. The number of nitrogens with two attached hydrogens (primary N) is 1. The molecule has 2 rings (SSSR count). The summed E-state index contributed by atoms with van der Waals surface area (Å²) in [6, 6.07) is 7.89. The maximum absolute atomic E-state index is 5.79. The molecule has 0 saturated heterocycles. The molecule has 0 spiro atoms. The fourth-order valence-electron chi connectivity index (χ4n) is 1.17. The minimum Gasteiger partial charge on any atom is -0.431 e. The van der Waals surface area contributed by atoms with Gasteiger partial charge in [-0.2, -0.15) is 0 Å². The van der Waals surface area contributed by atoms with Crippen LogP contribution in [0.25, 0.3) is 11.1 Å². The molecule has 1 aromatic carbocycles. The average Bonchev–Trinajstić information content (AvgIpc) is 2.59. The Balaban J connectivity index is 2.22. The molecule has 2 unspecified atom stereocenters. The van der Waals surface area contributed by atoms with E-state index < -0.39 is 0 Å². The van der Waals surface area contributed by atoms with Gasteiger partial charge in [0.1, 0.15) is 5.52 Å². The third kappa shape index (κ3) is 2.33. The Labute approximate surface area is 93.0 Å². The Morgan fingerprint density at radius 2 is 2.07 bits per heavy atom. The van der Waals surface area contributed by atoms with Gasteiger partial charge in [-0.25, -0.2) is 4.98 Å². The summed E-state index contributed by atoms with van der Waals surface area (Å²) in [4.78, 5) is 4.38. The number of hydrogen-bond donors (Lipinski definition) is 1. The molecular formula is C11H14N2OS. The fraction of sp³-hybridized carbons (Fsp3) is 0.364. The van der Waals surface area contributed by atoms with Crippen molar-refractivity contribution in [3.63, 3.8) is 0 Å². The molecule has 2 atom stereocenters. The first-order valence-electron chi connectivity index (χ1n) is 4.94. The van der Waals surface area contributed by atoms with E-state index in [0.717, 1.165) is 11.1 Å². The van der Waals surface area contributed by atoms with Crippen LogP contribution in [0.15, 0.2) is 33.9 Å². The minimum atomic E-state index is 0.130. The summed E-state index contributed by atoms with van der Waals surface area (Å²) in [6.07, 6.45) is 0. The number of aromatic nitrogens is 1. The summed E-state index contributed by atoms with van der Waals surface area (Å²) < 4.78 is 5.59. The highest BCUT2D eigenvalue weighted by atomic mass is 32.2. The normalized spacial score (nSPS) is 15.4. The maximum Gasteiger partial charge on any atom is 0.257 e. The number of nitrogens with zero attached hydrogens (tertiary/aromatic N) is 1. The van der Waals surface area contributed by atoms with Crippen LogP contribution in [-0.2, 0) is 0 Å². The van der Waals surface area contributed by atoms with Gasteiger partial charge < -0.3 is 10.2 Å². The maximum atomic E-state index is 5.79. The van der Waals surface area contributed by atoms with Crippen LogP contribution in [0.3, 0.4) is 0 Å². The molecule has 0 aliphatic rings. The third-order valence-corrected chi connectivity index (χ3v) is 3.48. The van der Waals surface area contributed by atoms with Crippen LogP contribution in [0, 0.1) is 0 Å². The Morgan fingerprint density at radius 1 is 1.33 bits per heavy atom. The molecule has 80 valence electrons. The Kier molecular flexibility index (Phi) is 2.98. The molecule has 1 aromatic heterocycles. The van der Waals surface area contributed by atoms with E-state index in [-0.39, 0.29) is 6.04 Å². The van der Waals surface area contributed by atoms with E-state index in [4.69, 9.17) is 10.2 Å². The van der Waals surface area contributed by atoms with Crippen molar-refractivity contribution in [1.29, 1.82) is 0 Å². The van der Waals surface area contributed by atoms with Crippen LogP contribution < -0.4 is 5.73 Å². The molecule has 0 bridgehead atoms. The number of fused-ring (bicyclic) bond motifs is 1. The third-order valence-electron chi connectivity index (χ3n) is 2.30. The Hall–Kier alpha value is -1.00. The van der Waals surface area contributed by atoms with E-state index in [2.05, 4.69) is 11.9 Å². The summed E-state index contributed by atoms with van der Waals surface area (Å²) >= 11 is 1.57. The van der Waals surface area contributed by atoms with Crippen LogP contribution in [0.2, 0.25) is 0 Å². The Bertz CT molecular complexity index is 420. The lowest BCUT2D eigenvalue weighted by Gasteiger charge is -2.11. The monoisotopic (exact) mass is 222 g/mol. The van der Waals surface area contributed by atoms with Crippen LogP contribution in [0.4, 0.5) is 0 Å². The van der Waals surface area contributed by atoms with Gasteiger partial charge in [-0.3, -0.25) is 0 Å². The first-order chi connectivity index (χ1) is 7.16. The highest BCUT2D eigenvalue weighted by Gasteiger charge is 2.13. The lowest BCUT2D eigenvalue weighted by Crippen LogP contribution is -2.26. The van der Waals surface area contributed by atoms with Crippen molar-refractivity contribution in [3.05, 3.63) is 24.3 Å². The Morgan fingerprint density at radius 3 is 2.73 bits per heavy atom. The van der Waals surface area contributed by atoms with E-state index in [1.807, 2.05) is 31.2 Å². The van der Waals surface area contributed by atoms with Gasteiger partial charge in [-0.05, 0) is 19.1 Å². The van der Waals surface area contributed by atoms with Gasteiger partial charge in [-0.15, -0.1) is 0 Å². The van der Waals surface area contributed by atoms with Gasteiger partial charge in [0.2, 0.25) is 0 Å². The SMILES string of the molecule is CC(N)C(C)Sc1nc2ccccc2o1. The number of oxazole rings is 1. The van der Waals surface area contributed by atoms with Gasteiger partial charge in [0.15, 0.2) is 5.58 Å². The average molecular weight is 222 g/mol.